The number of hydrogen-bond donors (Lipinski definition) is 1. The monoisotopic (exact) mass is 565 g/mol. The SMILES string of the molecule is O=S1(=O)CC(CNc2nc(OCC34CCCN3CCC4)nc3c(F)c(-c4cccc5cccc(F)c45)ncc23)C1. The van der Waals surface area contributed by atoms with Crippen LogP contribution in [0.5, 0.6) is 6.01 Å². The molecule has 11 heteroatoms. The van der Waals surface area contributed by atoms with Gasteiger partial charge in [0.1, 0.15) is 29.5 Å². The number of nitrogens with one attached hydrogen (secondary N) is 1. The zero-order valence-corrected chi connectivity index (χ0v) is 22.7. The van der Waals surface area contributed by atoms with Crippen molar-refractivity contribution in [2.75, 3.05) is 43.1 Å². The van der Waals surface area contributed by atoms with Crippen LogP contribution in [0.1, 0.15) is 25.7 Å². The van der Waals surface area contributed by atoms with Crippen LogP contribution in [0.3, 0.4) is 0 Å². The molecule has 8 nitrogen and oxygen atoms in total. The van der Waals surface area contributed by atoms with E-state index in [2.05, 4.69) is 25.2 Å². The van der Waals surface area contributed by atoms with Crippen molar-refractivity contribution in [3.8, 4) is 17.3 Å². The standard InChI is InChI=1S/C29H29F2N5O3S/c30-22-8-2-6-19-5-1-7-20(23(19)22)25-24(31)26-21(14-32-25)27(33-13-18-15-40(37,38)16-18)35-28(34-26)39-17-29-9-3-11-36(29)12-4-10-29/h1-2,5-8,14,18H,3-4,9-13,15-17H2,(H,33,34,35). The molecule has 5 heterocycles. The van der Waals surface area contributed by atoms with Gasteiger partial charge in [-0.3, -0.25) is 9.88 Å². The van der Waals surface area contributed by atoms with Crippen LogP contribution in [-0.4, -0.2) is 71.6 Å². The summed E-state index contributed by atoms with van der Waals surface area (Å²) in [6, 6.07) is 9.93. The van der Waals surface area contributed by atoms with E-state index >= 15 is 4.39 Å². The highest BCUT2D eigenvalue weighted by Gasteiger charge is 2.45. The maximum absolute atomic E-state index is 16.3. The van der Waals surface area contributed by atoms with Gasteiger partial charge >= 0.3 is 6.01 Å². The topological polar surface area (TPSA) is 97.3 Å². The molecule has 3 aliphatic rings. The van der Waals surface area contributed by atoms with Gasteiger partial charge in [-0.2, -0.15) is 9.97 Å². The van der Waals surface area contributed by atoms with E-state index in [-0.39, 0.29) is 45.6 Å². The predicted octanol–water partition coefficient (Wildman–Crippen LogP) is 4.59. The lowest BCUT2D eigenvalue weighted by molar-refractivity contribution is 0.108. The summed E-state index contributed by atoms with van der Waals surface area (Å²) < 4.78 is 60.6. The zero-order chi connectivity index (χ0) is 27.5. The van der Waals surface area contributed by atoms with Gasteiger partial charge in [-0.25, -0.2) is 17.2 Å². The van der Waals surface area contributed by atoms with Crippen LogP contribution in [0.15, 0.2) is 42.6 Å². The van der Waals surface area contributed by atoms with Gasteiger partial charge < -0.3 is 10.1 Å². The van der Waals surface area contributed by atoms with Crippen molar-refractivity contribution in [1.29, 1.82) is 0 Å². The van der Waals surface area contributed by atoms with Crippen molar-refractivity contribution >= 4 is 37.3 Å². The quantitative estimate of drug-likeness (QED) is 0.348. The van der Waals surface area contributed by atoms with E-state index in [1.54, 1.807) is 30.3 Å². The number of benzene rings is 2. The summed E-state index contributed by atoms with van der Waals surface area (Å²) in [6.07, 6.45) is 5.79. The Balaban J connectivity index is 1.29. The summed E-state index contributed by atoms with van der Waals surface area (Å²) in [4.78, 5) is 15.9. The molecule has 0 saturated carbocycles. The van der Waals surface area contributed by atoms with Gasteiger partial charge in [0, 0.05) is 29.6 Å². The Hall–Kier alpha value is -3.44. The second-order valence-corrected chi connectivity index (χ2v) is 13.4. The van der Waals surface area contributed by atoms with Crippen molar-refractivity contribution in [1.82, 2.24) is 19.9 Å². The first-order valence-electron chi connectivity index (χ1n) is 13.7. The highest BCUT2D eigenvalue weighted by Crippen LogP contribution is 2.40. The summed E-state index contributed by atoms with van der Waals surface area (Å²) >= 11 is 0. The molecule has 0 amide bonds. The lowest BCUT2D eigenvalue weighted by atomic mass is 9.95. The Labute approximate surface area is 230 Å². The summed E-state index contributed by atoms with van der Waals surface area (Å²) in [5.41, 5.74) is 0.283. The molecule has 3 saturated heterocycles. The molecular weight excluding hydrogens is 536 g/mol. The third-order valence-electron chi connectivity index (χ3n) is 8.59. The van der Waals surface area contributed by atoms with Crippen LogP contribution < -0.4 is 10.1 Å². The van der Waals surface area contributed by atoms with Gasteiger partial charge in [0.2, 0.25) is 0 Å². The fourth-order valence-electron chi connectivity index (χ4n) is 6.60. The van der Waals surface area contributed by atoms with E-state index in [1.165, 1.54) is 12.3 Å². The van der Waals surface area contributed by atoms with Gasteiger partial charge in [0.15, 0.2) is 15.7 Å². The first kappa shape index (κ1) is 25.5. The van der Waals surface area contributed by atoms with Crippen LogP contribution in [0.4, 0.5) is 14.6 Å². The van der Waals surface area contributed by atoms with Gasteiger partial charge in [-0.15, -0.1) is 0 Å². The Bertz CT molecular complexity index is 1720. The maximum Gasteiger partial charge on any atom is 0.319 e. The Morgan fingerprint density at radius 2 is 1.80 bits per heavy atom. The summed E-state index contributed by atoms with van der Waals surface area (Å²) in [5, 5.41) is 4.46. The number of hydrogen-bond acceptors (Lipinski definition) is 8. The minimum atomic E-state index is -2.98. The lowest BCUT2D eigenvalue weighted by Gasteiger charge is -2.31. The molecule has 0 spiro atoms. The molecule has 3 aliphatic heterocycles. The van der Waals surface area contributed by atoms with E-state index in [1.807, 2.05) is 0 Å². The number of anilines is 1. The minimum Gasteiger partial charge on any atom is -0.461 e. The molecule has 0 radical (unpaired) electrons. The molecule has 208 valence electrons. The third-order valence-corrected chi connectivity index (χ3v) is 10.5. The summed E-state index contributed by atoms with van der Waals surface area (Å²) in [7, 11) is -2.98. The number of pyridine rings is 1. The van der Waals surface area contributed by atoms with Gasteiger partial charge in [-0.1, -0.05) is 30.3 Å². The minimum absolute atomic E-state index is 0.0132. The van der Waals surface area contributed by atoms with E-state index in [0.29, 0.717) is 35.3 Å². The lowest BCUT2D eigenvalue weighted by Crippen LogP contribution is -2.43. The molecule has 0 atom stereocenters. The second-order valence-electron chi connectivity index (χ2n) is 11.2. The van der Waals surface area contributed by atoms with Crippen molar-refractivity contribution in [2.45, 2.75) is 31.2 Å². The first-order chi connectivity index (χ1) is 19.3. The highest BCUT2D eigenvalue weighted by atomic mass is 32.2. The smallest absolute Gasteiger partial charge is 0.319 e. The number of fused-ring (bicyclic) bond motifs is 3. The Morgan fingerprint density at radius 1 is 1.05 bits per heavy atom. The number of aromatic nitrogens is 3. The van der Waals surface area contributed by atoms with Crippen LogP contribution in [0, 0.1) is 17.6 Å². The fourth-order valence-corrected chi connectivity index (χ4v) is 8.18. The molecule has 4 aromatic rings. The van der Waals surface area contributed by atoms with E-state index < -0.39 is 21.5 Å². The summed E-state index contributed by atoms with van der Waals surface area (Å²) in [6.45, 7) is 2.86. The largest absolute Gasteiger partial charge is 0.461 e. The highest BCUT2D eigenvalue weighted by molar-refractivity contribution is 7.92. The maximum atomic E-state index is 16.3. The molecular formula is C29H29F2N5O3S. The van der Waals surface area contributed by atoms with Crippen LogP contribution >= 0.6 is 0 Å². The van der Waals surface area contributed by atoms with Gasteiger partial charge in [0.25, 0.3) is 0 Å². The molecule has 3 fully saturated rings. The second kappa shape index (κ2) is 9.59. The molecule has 0 bridgehead atoms. The van der Waals surface area contributed by atoms with Crippen molar-refractivity contribution in [3.63, 3.8) is 0 Å². The summed E-state index contributed by atoms with van der Waals surface area (Å²) in [5.74, 6) is -0.673. The molecule has 0 unspecified atom stereocenters. The van der Waals surface area contributed by atoms with E-state index in [4.69, 9.17) is 4.74 Å². The van der Waals surface area contributed by atoms with E-state index in [0.717, 1.165) is 38.8 Å². The Kier molecular flexibility index (Phi) is 6.12. The molecule has 0 aliphatic carbocycles. The third kappa shape index (κ3) is 4.35. The zero-order valence-electron chi connectivity index (χ0n) is 21.9. The number of ether oxygens (including phenoxy) is 1. The number of sulfone groups is 1. The number of nitrogens with zero attached hydrogens (tertiary/aromatic N) is 4. The van der Waals surface area contributed by atoms with Gasteiger partial charge in [-0.05, 0) is 50.2 Å². The number of rotatable bonds is 7. The Morgan fingerprint density at radius 3 is 2.55 bits per heavy atom. The molecule has 40 heavy (non-hydrogen) atoms. The average molecular weight is 566 g/mol. The van der Waals surface area contributed by atoms with Crippen LogP contribution in [0.2, 0.25) is 0 Å². The van der Waals surface area contributed by atoms with Crippen LogP contribution in [-0.2, 0) is 9.84 Å². The van der Waals surface area contributed by atoms with Crippen molar-refractivity contribution in [3.05, 3.63) is 54.2 Å². The van der Waals surface area contributed by atoms with E-state index in [9.17, 15) is 12.8 Å². The molecule has 2 aromatic heterocycles. The molecule has 1 N–H and O–H groups in total. The van der Waals surface area contributed by atoms with Crippen molar-refractivity contribution in [2.24, 2.45) is 5.92 Å². The van der Waals surface area contributed by atoms with Gasteiger partial charge in [0.05, 0.1) is 22.4 Å². The molecule has 7 rings (SSSR count). The average Bonchev–Trinajstić information content (AvgIpc) is 3.50. The van der Waals surface area contributed by atoms with Crippen molar-refractivity contribution < 1.29 is 21.9 Å². The number of halogens is 2. The van der Waals surface area contributed by atoms with Crippen LogP contribution in [0.25, 0.3) is 32.9 Å². The predicted molar refractivity (Wildman–Crippen MR) is 149 cm³/mol. The fraction of sp³-hybridized carbons (Fsp3) is 0.414. The normalized spacial score (nSPS) is 20.1. The molecule has 2 aromatic carbocycles. The first-order valence-corrected chi connectivity index (χ1v) is 15.5.